The molecule has 2 aliphatic rings. The Morgan fingerprint density at radius 2 is 1.64 bits per heavy atom. The minimum atomic E-state index is -0.473. The molecule has 192 valence electrons. The molecule has 2 fully saturated rings. The number of piperidine rings is 1. The standard InChI is InChI=1S/C27H29F2N3O2.C2H6/c28-20-9-7-18(8-10-20)26(33)19-11-15-31(16-12-19)17-13-21-4-3-14-32(21)27(34)25-24(29)22-5-1-2-6-23(22)30-25;1-2/h1-2,5-10,19,21,30H,3-4,11-17H2;1-2H3/t21-;/m0./s1. The summed E-state index contributed by atoms with van der Waals surface area (Å²) in [6.07, 6.45) is 4.25. The van der Waals surface area contributed by atoms with E-state index in [4.69, 9.17) is 0 Å². The highest BCUT2D eigenvalue weighted by molar-refractivity contribution is 5.99. The number of amides is 1. The molecule has 0 unspecified atom stereocenters. The number of nitrogens with zero attached hydrogens (tertiary/aromatic N) is 2. The molecule has 7 heteroatoms. The predicted octanol–water partition coefficient (Wildman–Crippen LogP) is 6.06. The Kier molecular flexibility index (Phi) is 8.52. The minimum Gasteiger partial charge on any atom is -0.348 e. The third kappa shape index (κ3) is 5.51. The lowest BCUT2D eigenvalue weighted by molar-refractivity contribution is 0.0696. The first-order chi connectivity index (χ1) is 17.5. The van der Waals surface area contributed by atoms with Crippen LogP contribution in [0.4, 0.5) is 8.78 Å². The Bertz CT molecular complexity index is 1180. The van der Waals surface area contributed by atoms with Crippen LogP contribution in [0, 0.1) is 17.6 Å². The molecular weight excluding hydrogens is 460 g/mol. The van der Waals surface area contributed by atoms with Crippen molar-refractivity contribution in [2.75, 3.05) is 26.2 Å². The monoisotopic (exact) mass is 495 g/mol. The van der Waals surface area contributed by atoms with Gasteiger partial charge in [-0.05, 0) is 81.6 Å². The molecule has 0 radical (unpaired) electrons. The fourth-order valence-electron chi connectivity index (χ4n) is 5.40. The zero-order valence-electron chi connectivity index (χ0n) is 21.1. The molecule has 2 saturated heterocycles. The molecule has 2 aliphatic heterocycles. The van der Waals surface area contributed by atoms with Crippen molar-refractivity contribution in [1.82, 2.24) is 14.8 Å². The number of hydrogen-bond acceptors (Lipinski definition) is 3. The van der Waals surface area contributed by atoms with E-state index in [9.17, 15) is 18.4 Å². The number of carbonyl (C=O) groups is 2. The normalized spacial score (nSPS) is 18.8. The highest BCUT2D eigenvalue weighted by Gasteiger charge is 2.33. The quantitative estimate of drug-likeness (QED) is 0.423. The largest absolute Gasteiger partial charge is 0.348 e. The van der Waals surface area contributed by atoms with E-state index < -0.39 is 5.82 Å². The van der Waals surface area contributed by atoms with Crippen molar-refractivity contribution in [3.63, 3.8) is 0 Å². The van der Waals surface area contributed by atoms with Gasteiger partial charge in [-0.2, -0.15) is 0 Å². The molecule has 3 aromatic rings. The van der Waals surface area contributed by atoms with Crippen LogP contribution in [0.15, 0.2) is 48.5 Å². The molecule has 2 aromatic carbocycles. The van der Waals surface area contributed by atoms with Crippen LogP contribution in [0.5, 0.6) is 0 Å². The van der Waals surface area contributed by atoms with E-state index in [1.54, 1.807) is 30.3 Å². The van der Waals surface area contributed by atoms with Crippen LogP contribution in [0.2, 0.25) is 0 Å². The molecule has 1 aromatic heterocycles. The maximum Gasteiger partial charge on any atom is 0.273 e. The number of fused-ring (bicyclic) bond motifs is 1. The number of benzene rings is 2. The molecule has 0 spiro atoms. The number of rotatable bonds is 6. The average molecular weight is 496 g/mol. The zero-order chi connectivity index (χ0) is 25.7. The number of carbonyl (C=O) groups excluding carboxylic acids is 2. The maximum atomic E-state index is 14.8. The lowest BCUT2D eigenvalue weighted by atomic mass is 9.88. The second-order valence-corrected chi connectivity index (χ2v) is 9.43. The fraction of sp³-hybridized carbons (Fsp3) is 0.448. The van der Waals surface area contributed by atoms with Gasteiger partial charge in [-0.3, -0.25) is 9.59 Å². The van der Waals surface area contributed by atoms with Crippen molar-refractivity contribution < 1.29 is 18.4 Å². The molecule has 0 bridgehead atoms. The average Bonchev–Trinajstić information content (AvgIpc) is 3.53. The number of hydrogen-bond donors (Lipinski definition) is 1. The summed E-state index contributed by atoms with van der Waals surface area (Å²) in [7, 11) is 0. The van der Waals surface area contributed by atoms with Gasteiger partial charge in [0.2, 0.25) is 0 Å². The Morgan fingerprint density at radius 1 is 0.944 bits per heavy atom. The van der Waals surface area contributed by atoms with Crippen LogP contribution in [0.1, 0.15) is 66.8 Å². The van der Waals surface area contributed by atoms with Crippen LogP contribution >= 0.6 is 0 Å². The molecule has 1 amide bonds. The number of para-hydroxylation sites is 1. The van der Waals surface area contributed by atoms with Crippen LogP contribution in [0.25, 0.3) is 10.9 Å². The lowest BCUT2D eigenvalue weighted by Crippen LogP contribution is -2.41. The van der Waals surface area contributed by atoms with Gasteiger partial charge < -0.3 is 14.8 Å². The summed E-state index contributed by atoms with van der Waals surface area (Å²) < 4.78 is 28.0. The summed E-state index contributed by atoms with van der Waals surface area (Å²) in [4.78, 5) is 33.0. The highest BCUT2D eigenvalue weighted by Crippen LogP contribution is 2.28. The Hall–Kier alpha value is -3.06. The van der Waals surface area contributed by atoms with E-state index in [-0.39, 0.29) is 35.2 Å². The number of halogens is 2. The first-order valence-electron chi connectivity index (χ1n) is 13.1. The van der Waals surface area contributed by atoms with E-state index in [1.807, 2.05) is 24.8 Å². The second kappa shape index (κ2) is 11.8. The predicted molar refractivity (Wildman–Crippen MR) is 138 cm³/mol. The first kappa shape index (κ1) is 26.0. The number of Topliss-reactive ketones (excluding diaryl/α,β-unsaturated/α-hetero) is 1. The molecule has 3 heterocycles. The van der Waals surface area contributed by atoms with Gasteiger partial charge in [0.1, 0.15) is 11.5 Å². The van der Waals surface area contributed by atoms with E-state index in [2.05, 4.69) is 9.88 Å². The SMILES string of the molecule is CC.O=C(c1ccc(F)cc1)C1CCN(CC[C@@H]2CCCN2C(=O)c2[nH]c3ccccc3c2F)CC1. The van der Waals surface area contributed by atoms with Gasteiger partial charge in [0, 0.05) is 41.5 Å². The van der Waals surface area contributed by atoms with E-state index >= 15 is 0 Å². The third-order valence-electron chi connectivity index (χ3n) is 7.36. The van der Waals surface area contributed by atoms with Crippen molar-refractivity contribution in [2.45, 2.75) is 52.0 Å². The van der Waals surface area contributed by atoms with E-state index in [0.717, 1.165) is 51.7 Å². The van der Waals surface area contributed by atoms with Crippen LogP contribution in [0.3, 0.4) is 0 Å². The summed E-state index contributed by atoms with van der Waals surface area (Å²) in [5.41, 5.74) is 1.26. The number of likely N-dealkylation sites (tertiary alicyclic amines) is 2. The Balaban J connectivity index is 0.00000148. The summed E-state index contributed by atoms with van der Waals surface area (Å²) >= 11 is 0. The molecule has 1 N–H and O–H groups in total. The minimum absolute atomic E-state index is 0.0312. The van der Waals surface area contributed by atoms with Gasteiger partial charge in [-0.15, -0.1) is 0 Å². The maximum absolute atomic E-state index is 14.8. The molecule has 0 saturated carbocycles. The number of aromatic amines is 1. The van der Waals surface area contributed by atoms with Crippen molar-refractivity contribution in [1.29, 1.82) is 0 Å². The fourth-order valence-corrected chi connectivity index (χ4v) is 5.40. The molecular formula is C29H35F2N3O2. The molecule has 36 heavy (non-hydrogen) atoms. The first-order valence-corrected chi connectivity index (χ1v) is 13.1. The van der Waals surface area contributed by atoms with Crippen molar-refractivity contribution >= 4 is 22.6 Å². The summed E-state index contributed by atoms with van der Waals surface area (Å²) in [6, 6.07) is 12.9. The highest BCUT2D eigenvalue weighted by atomic mass is 19.1. The van der Waals surface area contributed by atoms with Gasteiger partial charge in [0.05, 0.1) is 0 Å². The number of nitrogens with one attached hydrogen (secondary N) is 1. The summed E-state index contributed by atoms with van der Waals surface area (Å²) in [5.74, 6) is -1.01. The van der Waals surface area contributed by atoms with Gasteiger partial charge >= 0.3 is 0 Å². The topological polar surface area (TPSA) is 56.4 Å². The van der Waals surface area contributed by atoms with Crippen LogP contribution < -0.4 is 0 Å². The molecule has 1 atom stereocenters. The molecule has 5 nitrogen and oxygen atoms in total. The Labute approximate surface area is 211 Å². The van der Waals surface area contributed by atoms with Crippen molar-refractivity contribution in [3.8, 4) is 0 Å². The lowest BCUT2D eigenvalue weighted by Gasteiger charge is -2.33. The van der Waals surface area contributed by atoms with E-state index in [0.29, 0.717) is 23.0 Å². The third-order valence-corrected chi connectivity index (χ3v) is 7.36. The van der Waals surface area contributed by atoms with Gasteiger partial charge in [0.15, 0.2) is 11.6 Å². The van der Waals surface area contributed by atoms with Crippen molar-refractivity contribution in [2.24, 2.45) is 5.92 Å². The summed E-state index contributed by atoms with van der Waals surface area (Å²) in [5, 5.41) is 0.444. The van der Waals surface area contributed by atoms with Gasteiger partial charge in [-0.25, -0.2) is 8.78 Å². The smallest absolute Gasteiger partial charge is 0.273 e. The number of H-pyrrole nitrogens is 1. The van der Waals surface area contributed by atoms with Gasteiger partial charge in [0.25, 0.3) is 5.91 Å². The van der Waals surface area contributed by atoms with Crippen LogP contribution in [-0.2, 0) is 0 Å². The van der Waals surface area contributed by atoms with Crippen molar-refractivity contribution in [3.05, 3.63) is 71.4 Å². The molecule has 0 aliphatic carbocycles. The Morgan fingerprint density at radius 3 is 2.33 bits per heavy atom. The van der Waals surface area contributed by atoms with Crippen LogP contribution in [-0.4, -0.2) is 58.7 Å². The van der Waals surface area contributed by atoms with Gasteiger partial charge in [-0.1, -0.05) is 26.0 Å². The second-order valence-electron chi connectivity index (χ2n) is 9.43. The number of aromatic nitrogens is 1. The molecule has 5 rings (SSSR count). The number of ketones is 1. The zero-order valence-corrected chi connectivity index (χ0v) is 21.1. The van der Waals surface area contributed by atoms with E-state index in [1.165, 1.54) is 12.1 Å². The summed E-state index contributed by atoms with van der Waals surface area (Å²) in [6.45, 7) is 7.15.